The van der Waals surface area contributed by atoms with E-state index in [4.69, 9.17) is 0 Å². The van der Waals surface area contributed by atoms with Crippen LogP contribution in [0.4, 0.5) is 10.5 Å². The van der Waals surface area contributed by atoms with Gasteiger partial charge < -0.3 is 10.6 Å². The molecule has 4 aliphatic rings. The lowest BCUT2D eigenvalue weighted by molar-refractivity contribution is -0.133. The first-order chi connectivity index (χ1) is 17.3. The highest BCUT2D eigenvalue weighted by Gasteiger charge is 2.59. The van der Waals surface area contributed by atoms with Gasteiger partial charge in [0.05, 0.1) is 6.04 Å². The van der Waals surface area contributed by atoms with Gasteiger partial charge in [-0.25, -0.2) is 4.79 Å². The number of carbonyl (C=O) groups is 2. The first-order valence-corrected chi connectivity index (χ1v) is 13.8. The molecule has 0 radical (unpaired) electrons. The molecule has 2 amide bonds. The summed E-state index contributed by atoms with van der Waals surface area (Å²) in [6.45, 7) is 8.69. The number of carbonyl (C=O) groups excluding carboxylic acids is 2. The lowest BCUT2D eigenvalue weighted by Crippen LogP contribution is -2.65. The Hall–Kier alpha value is -2.66. The third-order valence-corrected chi connectivity index (χ3v) is 10.7. The lowest BCUT2D eigenvalue weighted by atomic mass is 9.52. The molecule has 2 saturated carbocycles. The number of amides is 2. The minimum Gasteiger partial charge on any atom is -0.338 e. The van der Waals surface area contributed by atoms with Crippen molar-refractivity contribution in [2.45, 2.75) is 64.5 Å². The van der Waals surface area contributed by atoms with E-state index in [1.807, 2.05) is 30.3 Å². The summed E-state index contributed by atoms with van der Waals surface area (Å²) in [5, 5.41) is 8.55. The largest absolute Gasteiger partial charge is 0.338 e. The molecule has 3 fully saturated rings. The number of urea groups is 1. The third kappa shape index (κ3) is 3.70. The number of fused-ring (bicyclic) bond motifs is 6. The van der Waals surface area contributed by atoms with Gasteiger partial charge in [-0.1, -0.05) is 43.3 Å². The van der Waals surface area contributed by atoms with E-state index in [1.54, 1.807) is 0 Å². The van der Waals surface area contributed by atoms with Crippen LogP contribution in [0.3, 0.4) is 0 Å². The molecule has 1 saturated heterocycles. The molecule has 0 bridgehead atoms. The van der Waals surface area contributed by atoms with Crippen molar-refractivity contribution < 1.29 is 9.59 Å². The average Bonchev–Trinajstić information content (AvgIpc) is 3.21. The molecule has 7 atom stereocenters. The van der Waals surface area contributed by atoms with Gasteiger partial charge >= 0.3 is 6.03 Å². The van der Waals surface area contributed by atoms with Crippen molar-refractivity contribution in [1.29, 1.82) is 0 Å². The summed E-state index contributed by atoms with van der Waals surface area (Å²) in [5.41, 5.74) is 1.10. The van der Waals surface area contributed by atoms with Crippen LogP contribution in [-0.2, 0) is 4.79 Å². The summed E-state index contributed by atoms with van der Waals surface area (Å²) in [7, 11) is 0. The van der Waals surface area contributed by atoms with Crippen LogP contribution in [0.1, 0.15) is 52.9 Å². The Balaban J connectivity index is 1.11. The zero-order valence-corrected chi connectivity index (χ0v) is 21.8. The number of piperidine rings is 1. The van der Waals surface area contributed by atoms with Crippen LogP contribution in [0.2, 0.25) is 0 Å². The van der Waals surface area contributed by atoms with Gasteiger partial charge in [-0.3, -0.25) is 9.69 Å². The van der Waals surface area contributed by atoms with Gasteiger partial charge in [-0.2, -0.15) is 0 Å². The second-order valence-corrected chi connectivity index (χ2v) is 12.2. The number of nitrogens with one attached hydrogen (secondary N) is 2. The second kappa shape index (κ2) is 8.72. The number of anilines is 1. The van der Waals surface area contributed by atoms with Crippen molar-refractivity contribution >= 4 is 28.3 Å². The van der Waals surface area contributed by atoms with Crippen molar-refractivity contribution in [3.63, 3.8) is 0 Å². The molecule has 2 unspecified atom stereocenters. The molecule has 2 N–H and O–H groups in total. The Labute approximate surface area is 214 Å². The normalized spacial score (nSPS) is 37.8. The molecule has 2 aliphatic heterocycles. The fraction of sp³-hybridized carbons (Fsp3) is 0.548. The van der Waals surface area contributed by atoms with E-state index in [2.05, 4.69) is 60.6 Å². The van der Waals surface area contributed by atoms with Crippen molar-refractivity contribution in [2.75, 3.05) is 18.4 Å². The van der Waals surface area contributed by atoms with Crippen LogP contribution in [-0.4, -0.2) is 41.4 Å². The lowest BCUT2D eigenvalue weighted by Gasteiger charge is -2.61. The highest BCUT2D eigenvalue weighted by molar-refractivity contribution is 5.95. The highest BCUT2D eigenvalue weighted by atomic mass is 16.2. The predicted molar refractivity (Wildman–Crippen MR) is 145 cm³/mol. The Bertz CT molecular complexity index is 1220. The van der Waals surface area contributed by atoms with E-state index < -0.39 is 0 Å². The van der Waals surface area contributed by atoms with E-state index in [0.29, 0.717) is 23.7 Å². The van der Waals surface area contributed by atoms with Gasteiger partial charge in [0, 0.05) is 24.3 Å². The Morgan fingerprint density at radius 3 is 2.67 bits per heavy atom. The molecule has 190 valence electrons. The number of nitrogens with zero attached hydrogens (tertiary/aromatic N) is 1. The van der Waals surface area contributed by atoms with E-state index in [9.17, 15) is 9.59 Å². The standard InChI is InChI=1S/C31H39N3O2/c1-20-28(35)13-16-31(3)27-12-15-30(2)23(9-11-26(30)25(27)14-17-34(20)31)19-32-29(36)33-24-10-8-21-6-4-5-7-22(21)18-24/h4-8,10,13,16,18,20,23,25-27H,9,11-12,14-15,17,19H2,1-3H3,(H2,32,33,36)/t20?,23?,25-,26-,27+,30+,31+/m0/s1. The fourth-order valence-corrected chi connectivity index (χ4v) is 8.63. The summed E-state index contributed by atoms with van der Waals surface area (Å²) in [6, 6.07) is 14.1. The fourth-order valence-electron chi connectivity index (χ4n) is 8.63. The molecule has 6 rings (SSSR count). The predicted octanol–water partition coefficient (Wildman–Crippen LogP) is 6.01. The smallest absolute Gasteiger partial charge is 0.319 e. The molecule has 2 aromatic rings. The van der Waals surface area contributed by atoms with E-state index >= 15 is 0 Å². The highest BCUT2D eigenvalue weighted by Crippen LogP contribution is 2.63. The zero-order valence-electron chi connectivity index (χ0n) is 21.8. The Morgan fingerprint density at radius 1 is 1.03 bits per heavy atom. The molecule has 2 aromatic carbocycles. The van der Waals surface area contributed by atoms with Gasteiger partial charge in [-0.15, -0.1) is 0 Å². The van der Waals surface area contributed by atoms with Crippen LogP contribution in [0, 0.1) is 29.1 Å². The summed E-state index contributed by atoms with van der Waals surface area (Å²) >= 11 is 0. The van der Waals surface area contributed by atoms with Gasteiger partial charge in [0.2, 0.25) is 0 Å². The molecular formula is C31H39N3O2. The quantitative estimate of drug-likeness (QED) is 0.560. The molecule has 2 aliphatic carbocycles. The summed E-state index contributed by atoms with van der Waals surface area (Å²) in [6.07, 6.45) is 10.1. The topological polar surface area (TPSA) is 61.4 Å². The Kier molecular flexibility index (Phi) is 5.75. The van der Waals surface area contributed by atoms with Crippen LogP contribution in [0.25, 0.3) is 10.8 Å². The zero-order chi connectivity index (χ0) is 25.1. The first-order valence-electron chi connectivity index (χ1n) is 13.8. The van der Waals surface area contributed by atoms with Crippen LogP contribution in [0.15, 0.2) is 54.6 Å². The maximum absolute atomic E-state index is 12.8. The van der Waals surface area contributed by atoms with Gasteiger partial charge in [0.25, 0.3) is 0 Å². The van der Waals surface area contributed by atoms with Crippen molar-refractivity contribution in [3.8, 4) is 0 Å². The van der Waals surface area contributed by atoms with Crippen molar-refractivity contribution in [1.82, 2.24) is 10.2 Å². The van der Waals surface area contributed by atoms with Gasteiger partial charge in [0.1, 0.15) is 0 Å². The third-order valence-electron chi connectivity index (χ3n) is 10.7. The molecule has 0 aromatic heterocycles. The van der Waals surface area contributed by atoms with Crippen molar-refractivity contribution in [2.24, 2.45) is 29.1 Å². The monoisotopic (exact) mass is 485 g/mol. The first kappa shape index (κ1) is 23.7. The number of benzene rings is 2. The minimum atomic E-state index is -0.113. The molecule has 5 nitrogen and oxygen atoms in total. The van der Waals surface area contributed by atoms with Crippen LogP contribution >= 0.6 is 0 Å². The molecular weight excluding hydrogens is 446 g/mol. The molecule has 36 heavy (non-hydrogen) atoms. The number of rotatable bonds is 3. The second-order valence-electron chi connectivity index (χ2n) is 12.2. The number of ketones is 1. The maximum atomic E-state index is 12.8. The Morgan fingerprint density at radius 2 is 1.83 bits per heavy atom. The molecule has 5 heteroatoms. The number of hydrogen-bond donors (Lipinski definition) is 2. The van der Waals surface area contributed by atoms with Crippen molar-refractivity contribution in [3.05, 3.63) is 54.6 Å². The number of hydrogen-bond acceptors (Lipinski definition) is 3. The summed E-state index contributed by atoms with van der Waals surface area (Å²) < 4.78 is 0. The SMILES string of the molecule is CC1C(=O)C=C[C@]2(C)[C@@H]3CC[C@]4(C)C(CNC(=O)Nc5ccc6ccccc6c5)CC[C@H]4[C@@H]3CCN12. The van der Waals surface area contributed by atoms with Crippen LogP contribution in [0.5, 0.6) is 0 Å². The average molecular weight is 486 g/mol. The van der Waals surface area contributed by atoms with Gasteiger partial charge in [-0.05, 0) is 104 Å². The summed E-state index contributed by atoms with van der Waals surface area (Å²) in [4.78, 5) is 27.6. The molecule has 0 spiro atoms. The van der Waals surface area contributed by atoms with Crippen LogP contribution < -0.4 is 10.6 Å². The molecule has 2 heterocycles. The van der Waals surface area contributed by atoms with E-state index in [-0.39, 0.29) is 28.8 Å². The van der Waals surface area contributed by atoms with E-state index in [0.717, 1.165) is 24.2 Å². The maximum Gasteiger partial charge on any atom is 0.319 e. The van der Waals surface area contributed by atoms with E-state index in [1.165, 1.54) is 37.5 Å². The summed E-state index contributed by atoms with van der Waals surface area (Å²) in [5.74, 6) is 2.78. The minimum absolute atomic E-state index is 0.00379. The van der Waals surface area contributed by atoms with Gasteiger partial charge in [0.15, 0.2) is 5.78 Å².